The molecule has 0 radical (unpaired) electrons. The summed E-state index contributed by atoms with van der Waals surface area (Å²) in [6.45, 7) is 7.85. The van der Waals surface area contributed by atoms with Crippen molar-refractivity contribution in [2.75, 3.05) is 38.2 Å². The van der Waals surface area contributed by atoms with E-state index in [1.165, 1.54) is 0 Å². The number of nitrogens with zero attached hydrogens (tertiary/aromatic N) is 1. The zero-order valence-corrected chi connectivity index (χ0v) is 16.4. The average molecular weight is 382 g/mol. The van der Waals surface area contributed by atoms with E-state index in [-0.39, 0.29) is 12.5 Å². The molecule has 0 saturated carbocycles. The zero-order valence-electron chi connectivity index (χ0n) is 16.4. The van der Waals surface area contributed by atoms with Gasteiger partial charge in [0.05, 0.1) is 18.8 Å². The van der Waals surface area contributed by atoms with Gasteiger partial charge in [-0.1, -0.05) is 18.2 Å². The maximum Gasteiger partial charge on any atom is 0.338 e. The van der Waals surface area contributed by atoms with Crippen molar-refractivity contribution >= 4 is 17.6 Å². The van der Waals surface area contributed by atoms with Gasteiger partial charge in [-0.2, -0.15) is 0 Å². The van der Waals surface area contributed by atoms with Gasteiger partial charge in [0.25, 0.3) is 5.91 Å². The number of anilines is 1. The Kier molecular flexibility index (Phi) is 6.79. The van der Waals surface area contributed by atoms with E-state index < -0.39 is 5.97 Å². The van der Waals surface area contributed by atoms with E-state index in [1.54, 1.807) is 12.1 Å². The number of rotatable bonds is 6. The van der Waals surface area contributed by atoms with Gasteiger partial charge >= 0.3 is 5.97 Å². The van der Waals surface area contributed by atoms with Crippen LogP contribution in [0.5, 0.6) is 0 Å². The Morgan fingerprint density at radius 3 is 2.43 bits per heavy atom. The number of hydrogen-bond donors (Lipinski definition) is 1. The van der Waals surface area contributed by atoms with Crippen LogP contribution in [0.2, 0.25) is 0 Å². The van der Waals surface area contributed by atoms with Crippen molar-refractivity contribution in [3.63, 3.8) is 0 Å². The maximum atomic E-state index is 12.2. The van der Waals surface area contributed by atoms with Gasteiger partial charge < -0.3 is 14.8 Å². The molecule has 1 N–H and O–H groups in total. The van der Waals surface area contributed by atoms with Crippen molar-refractivity contribution in [3.05, 3.63) is 64.7 Å². The van der Waals surface area contributed by atoms with Crippen LogP contribution < -0.4 is 5.32 Å². The van der Waals surface area contributed by atoms with Crippen LogP contribution in [0, 0.1) is 13.8 Å². The number of carbonyl (C=O) groups excluding carboxylic acids is 2. The van der Waals surface area contributed by atoms with Crippen molar-refractivity contribution < 1.29 is 19.1 Å². The van der Waals surface area contributed by atoms with Crippen LogP contribution in [-0.2, 0) is 20.8 Å². The fourth-order valence-electron chi connectivity index (χ4n) is 2.99. The van der Waals surface area contributed by atoms with Crippen LogP contribution in [0.1, 0.15) is 27.0 Å². The van der Waals surface area contributed by atoms with Crippen LogP contribution in [0.4, 0.5) is 5.69 Å². The Labute approximate surface area is 165 Å². The van der Waals surface area contributed by atoms with Crippen molar-refractivity contribution in [1.29, 1.82) is 0 Å². The van der Waals surface area contributed by atoms with E-state index in [1.807, 2.05) is 44.2 Å². The number of benzene rings is 2. The zero-order chi connectivity index (χ0) is 19.9. The summed E-state index contributed by atoms with van der Waals surface area (Å²) < 4.78 is 10.5. The lowest BCUT2D eigenvalue weighted by Gasteiger charge is -2.26. The third-order valence-electron chi connectivity index (χ3n) is 4.82. The molecule has 6 heteroatoms. The lowest BCUT2D eigenvalue weighted by atomic mass is 10.1. The minimum atomic E-state index is -0.506. The number of carbonyl (C=O) groups is 2. The van der Waals surface area contributed by atoms with Gasteiger partial charge in [0, 0.05) is 25.3 Å². The fourth-order valence-corrected chi connectivity index (χ4v) is 2.99. The van der Waals surface area contributed by atoms with Crippen LogP contribution in [0.3, 0.4) is 0 Å². The maximum absolute atomic E-state index is 12.2. The predicted molar refractivity (Wildman–Crippen MR) is 107 cm³/mol. The molecular formula is C22H26N2O4. The molecule has 1 aliphatic rings. The molecule has 0 spiro atoms. The van der Waals surface area contributed by atoms with Gasteiger partial charge in [-0.15, -0.1) is 0 Å². The lowest BCUT2D eigenvalue weighted by Crippen LogP contribution is -2.35. The van der Waals surface area contributed by atoms with Crippen LogP contribution in [0.15, 0.2) is 42.5 Å². The highest BCUT2D eigenvalue weighted by Gasteiger charge is 2.13. The van der Waals surface area contributed by atoms with Gasteiger partial charge in [-0.25, -0.2) is 4.79 Å². The Morgan fingerprint density at radius 2 is 1.75 bits per heavy atom. The van der Waals surface area contributed by atoms with Gasteiger partial charge in [-0.05, 0) is 54.8 Å². The molecule has 1 saturated heterocycles. The molecule has 1 heterocycles. The molecule has 1 aliphatic heterocycles. The van der Waals surface area contributed by atoms with Gasteiger partial charge in [0.1, 0.15) is 0 Å². The van der Waals surface area contributed by atoms with E-state index in [2.05, 4.69) is 10.2 Å². The summed E-state index contributed by atoms with van der Waals surface area (Å²) >= 11 is 0. The van der Waals surface area contributed by atoms with E-state index in [4.69, 9.17) is 9.47 Å². The number of nitrogens with one attached hydrogen (secondary N) is 1. The number of aryl methyl sites for hydroxylation is 2. The molecule has 0 aromatic heterocycles. The first kappa shape index (κ1) is 20.0. The summed E-state index contributed by atoms with van der Waals surface area (Å²) in [5, 5.41) is 2.74. The molecule has 3 rings (SSSR count). The first-order valence-corrected chi connectivity index (χ1v) is 9.44. The molecule has 0 unspecified atom stereocenters. The van der Waals surface area contributed by atoms with Crippen molar-refractivity contribution in [2.45, 2.75) is 20.4 Å². The van der Waals surface area contributed by atoms with E-state index in [0.29, 0.717) is 11.3 Å². The second-order valence-corrected chi connectivity index (χ2v) is 7.01. The minimum absolute atomic E-state index is 0.318. The summed E-state index contributed by atoms with van der Waals surface area (Å²) in [5.74, 6) is -0.867. The summed E-state index contributed by atoms with van der Waals surface area (Å²) in [6.07, 6.45) is 0. The highest BCUT2D eigenvalue weighted by Crippen LogP contribution is 2.14. The highest BCUT2D eigenvalue weighted by molar-refractivity contribution is 5.95. The average Bonchev–Trinajstić information content (AvgIpc) is 2.70. The molecule has 2 aromatic rings. The number of morpholine rings is 1. The number of ether oxygens (including phenoxy) is 2. The molecule has 2 aromatic carbocycles. The second-order valence-electron chi connectivity index (χ2n) is 7.01. The number of amides is 1. The normalized spacial score (nSPS) is 14.5. The highest BCUT2D eigenvalue weighted by atomic mass is 16.5. The van der Waals surface area contributed by atoms with Gasteiger partial charge in [0.15, 0.2) is 6.61 Å². The monoisotopic (exact) mass is 382 g/mol. The van der Waals surface area contributed by atoms with E-state index >= 15 is 0 Å². The summed E-state index contributed by atoms with van der Waals surface area (Å²) in [4.78, 5) is 26.5. The first-order chi connectivity index (χ1) is 13.5. The molecule has 0 bridgehead atoms. The Morgan fingerprint density at radius 1 is 1.04 bits per heavy atom. The summed E-state index contributed by atoms with van der Waals surface area (Å²) in [5.41, 5.74) is 4.50. The smallest absolute Gasteiger partial charge is 0.338 e. The molecular weight excluding hydrogens is 356 g/mol. The van der Waals surface area contributed by atoms with Crippen molar-refractivity contribution in [3.8, 4) is 0 Å². The van der Waals surface area contributed by atoms with Gasteiger partial charge in [-0.3, -0.25) is 9.69 Å². The Bertz CT molecular complexity index is 827. The van der Waals surface area contributed by atoms with Crippen molar-refractivity contribution in [2.24, 2.45) is 0 Å². The SMILES string of the molecule is Cc1ccc(NC(=O)COC(=O)c2ccc(CN3CCOCC3)cc2)cc1C. The third-order valence-corrected chi connectivity index (χ3v) is 4.82. The van der Waals surface area contributed by atoms with E-state index in [0.717, 1.165) is 49.5 Å². The largest absolute Gasteiger partial charge is 0.452 e. The predicted octanol–water partition coefficient (Wildman–Crippen LogP) is 2.93. The Hall–Kier alpha value is -2.70. The van der Waals surface area contributed by atoms with Crippen LogP contribution >= 0.6 is 0 Å². The number of esters is 1. The summed E-state index contributed by atoms with van der Waals surface area (Å²) in [6, 6.07) is 13.0. The second kappa shape index (κ2) is 9.48. The molecule has 28 heavy (non-hydrogen) atoms. The van der Waals surface area contributed by atoms with Gasteiger partial charge in [0.2, 0.25) is 0 Å². The quantitative estimate of drug-likeness (QED) is 0.778. The first-order valence-electron chi connectivity index (χ1n) is 9.44. The Balaban J connectivity index is 1.47. The molecule has 0 aliphatic carbocycles. The number of hydrogen-bond acceptors (Lipinski definition) is 5. The molecule has 1 amide bonds. The lowest BCUT2D eigenvalue weighted by molar-refractivity contribution is -0.119. The van der Waals surface area contributed by atoms with E-state index in [9.17, 15) is 9.59 Å². The summed E-state index contributed by atoms with van der Waals surface area (Å²) in [7, 11) is 0. The molecule has 1 fully saturated rings. The topological polar surface area (TPSA) is 67.9 Å². The van der Waals surface area contributed by atoms with Crippen molar-refractivity contribution in [1.82, 2.24) is 4.90 Å². The van der Waals surface area contributed by atoms with Crippen LogP contribution in [0.25, 0.3) is 0 Å². The standard InChI is InChI=1S/C22H26N2O4/c1-16-3-8-20(13-17(16)2)23-21(25)15-28-22(26)19-6-4-18(5-7-19)14-24-9-11-27-12-10-24/h3-8,13H,9-12,14-15H2,1-2H3,(H,23,25). The molecule has 6 nitrogen and oxygen atoms in total. The molecule has 0 atom stereocenters. The fraction of sp³-hybridized carbons (Fsp3) is 0.364. The third kappa shape index (κ3) is 5.65. The van der Waals surface area contributed by atoms with Crippen LogP contribution in [-0.4, -0.2) is 49.7 Å². The minimum Gasteiger partial charge on any atom is -0.452 e. The molecule has 148 valence electrons.